The molecule has 17 heavy (non-hydrogen) atoms. The first-order valence-electron chi connectivity index (χ1n) is 5.45. The van der Waals surface area contributed by atoms with E-state index in [0.29, 0.717) is 12.2 Å². The molecule has 0 heterocycles. The van der Waals surface area contributed by atoms with Crippen LogP contribution in [0.1, 0.15) is 20.8 Å². The van der Waals surface area contributed by atoms with Gasteiger partial charge in [0.05, 0.1) is 4.90 Å². The SMILES string of the molecule is CN(CC(C)(C)C)S(=O)(=O)c1ccc(N)cc1. The highest BCUT2D eigenvalue weighted by Gasteiger charge is 2.24. The van der Waals surface area contributed by atoms with Crippen molar-refractivity contribution in [2.45, 2.75) is 25.7 Å². The minimum atomic E-state index is -3.41. The summed E-state index contributed by atoms with van der Waals surface area (Å²) in [6.45, 7) is 6.48. The summed E-state index contributed by atoms with van der Waals surface area (Å²) < 4.78 is 25.8. The monoisotopic (exact) mass is 256 g/mol. The molecule has 0 saturated heterocycles. The normalized spacial score (nSPS) is 13.0. The highest BCUT2D eigenvalue weighted by molar-refractivity contribution is 7.89. The fraction of sp³-hybridized carbons (Fsp3) is 0.500. The molecule has 0 atom stereocenters. The molecule has 0 aliphatic heterocycles. The molecule has 4 nitrogen and oxygen atoms in total. The molecule has 5 heteroatoms. The van der Waals surface area contributed by atoms with Crippen molar-refractivity contribution in [1.82, 2.24) is 4.31 Å². The van der Waals surface area contributed by atoms with Gasteiger partial charge in [-0.15, -0.1) is 0 Å². The van der Waals surface area contributed by atoms with Gasteiger partial charge < -0.3 is 5.73 Å². The van der Waals surface area contributed by atoms with Crippen molar-refractivity contribution >= 4 is 15.7 Å². The molecule has 0 saturated carbocycles. The molecule has 0 aromatic heterocycles. The molecule has 0 radical (unpaired) electrons. The third-order valence-electron chi connectivity index (χ3n) is 2.29. The summed E-state index contributed by atoms with van der Waals surface area (Å²) in [4.78, 5) is 0.276. The van der Waals surface area contributed by atoms with E-state index in [2.05, 4.69) is 0 Å². The van der Waals surface area contributed by atoms with Crippen molar-refractivity contribution < 1.29 is 8.42 Å². The second kappa shape index (κ2) is 4.66. The number of hydrogen-bond acceptors (Lipinski definition) is 3. The van der Waals surface area contributed by atoms with Crippen molar-refractivity contribution in [3.05, 3.63) is 24.3 Å². The van der Waals surface area contributed by atoms with Crippen LogP contribution in [0.4, 0.5) is 5.69 Å². The van der Waals surface area contributed by atoms with E-state index in [1.54, 1.807) is 19.2 Å². The molecule has 0 bridgehead atoms. The summed E-state index contributed by atoms with van der Waals surface area (Å²) in [6, 6.07) is 6.25. The number of sulfonamides is 1. The first kappa shape index (κ1) is 14.0. The van der Waals surface area contributed by atoms with Crippen molar-refractivity contribution in [3.8, 4) is 0 Å². The Morgan fingerprint density at radius 3 is 2.06 bits per heavy atom. The molecule has 0 amide bonds. The van der Waals surface area contributed by atoms with E-state index in [0.717, 1.165) is 0 Å². The number of hydrogen-bond donors (Lipinski definition) is 1. The molecule has 96 valence electrons. The van der Waals surface area contributed by atoms with Crippen LogP contribution in [0, 0.1) is 5.41 Å². The third-order valence-corrected chi connectivity index (χ3v) is 4.10. The molecule has 0 spiro atoms. The molecule has 1 rings (SSSR count). The van der Waals surface area contributed by atoms with E-state index in [9.17, 15) is 8.42 Å². The molecule has 0 aliphatic rings. The lowest BCUT2D eigenvalue weighted by atomic mass is 9.97. The average Bonchev–Trinajstić information content (AvgIpc) is 2.15. The van der Waals surface area contributed by atoms with Crippen LogP contribution >= 0.6 is 0 Å². The van der Waals surface area contributed by atoms with Gasteiger partial charge in [-0.25, -0.2) is 12.7 Å². The van der Waals surface area contributed by atoms with Crippen LogP contribution in [-0.4, -0.2) is 26.3 Å². The Morgan fingerprint density at radius 2 is 1.65 bits per heavy atom. The van der Waals surface area contributed by atoms with Crippen LogP contribution in [0.3, 0.4) is 0 Å². The molecule has 1 aromatic carbocycles. The zero-order valence-electron chi connectivity index (χ0n) is 10.8. The highest BCUT2D eigenvalue weighted by Crippen LogP contribution is 2.21. The Kier molecular flexibility index (Phi) is 3.84. The van der Waals surface area contributed by atoms with Gasteiger partial charge in [-0.1, -0.05) is 20.8 Å². The zero-order chi connectivity index (χ0) is 13.3. The number of nitrogens with two attached hydrogens (primary N) is 1. The molecule has 0 aliphatic carbocycles. The Bertz CT molecular complexity index is 472. The van der Waals surface area contributed by atoms with E-state index in [-0.39, 0.29) is 10.3 Å². The fourth-order valence-corrected chi connectivity index (χ4v) is 2.97. The zero-order valence-corrected chi connectivity index (χ0v) is 11.6. The van der Waals surface area contributed by atoms with Gasteiger partial charge in [0, 0.05) is 19.3 Å². The number of anilines is 1. The number of nitrogens with zero attached hydrogens (tertiary/aromatic N) is 1. The first-order chi connectivity index (χ1) is 7.63. The van der Waals surface area contributed by atoms with E-state index in [4.69, 9.17) is 5.73 Å². The maximum absolute atomic E-state index is 12.2. The van der Waals surface area contributed by atoms with Crippen LogP contribution in [0.5, 0.6) is 0 Å². The maximum Gasteiger partial charge on any atom is 0.242 e. The second-order valence-electron chi connectivity index (χ2n) is 5.39. The van der Waals surface area contributed by atoms with Crippen LogP contribution in [0.15, 0.2) is 29.2 Å². The number of benzene rings is 1. The van der Waals surface area contributed by atoms with Gasteiger partial charge >= 0.3 is 0 Å². The summed E-state index contributed by atoms with van der Waals surface area (Å²) >= 11 is 0. The number of nitrogen functional groups attached to an aromatic ring is 1. The Hall–Kier alpha value is -1.07. The van der Waals surface area contributed by atoms with Crippen molar-refractivity contribution in [3.63, 3.8) is 0 Å². The van der Waals surface area contributed by atoms with Gasteiger partial charge in [0.25, 0.3) is 0 Å². The standard InChI is InChI=1S/C12H20N2O2S/c1-12(2,3)9-14(4)17(15,16)11-7-5-10(13)6-8-11/h5-8H,9,13H2,1-4H3. The summed E-state index contributed by atoms with van der Waals surface area (Å²) in [7, 11) is -1.82. The summed E-state index contributed by atoms with van der Waals surface area (Å²) in [6.07, 6.45) is 0. The van der Waals surface area contributed by atoms with E-state index < -0.39 is 10.0 Å². The minimum Gasteiger partial charge on any atom is -0.399 e. The highest BCUT2D eigenvalue weighted by atomic mass is 32.2. The van der Waals surface area contributed by atoms with Gasteiger partial charge in [0.15, 0.2) is 0 Å². The van der Waals surface area contributed by atoms with E-state index >= 15 is 0 Å². The predicted octanol–water partition coefficient (Wildman–Crippen LogP) is 1.94. The smallest absolute Gasteiger partial charge is 0.242 e. The van der Waals surface area contributed by atoms with Crippen LogP contribution in [-0.2, 0) is 10.0 Å². The third kappa shape index (κ3) is 3.71. The average molecular weight is 256 g/mol. The van der Waals surface area contributed by atoms with Crippen LogP contribution < -0.4 is 5.73 Å². The lowest BCUT2D eigenvalue weighted by molar-refractivity contribution is 0.311. The lowest BCUT2D eigenvalue weighted by Gasteiger charge is -2.26. The second-order valence-corrected chi connectivity index (χ2v) is 7.44. The molecular formula is C12H20N2O2S. The Morgan fingerprint density at radius 1 is 1.18 bits per heavy atom. The van der Waals surface area contributed by atoms with Gasteiger partial charge in [0.2, 0.25) is 10.0 Å². The molecule has 1 aromatic rings. The summed E-state index contributed by atoms with van der Waals surface area (Å²) in [5.41, 5.74) is 6.02. The molecule has 2 N–H and O–H groups in total. The largest absolute Gasteiger partial charge is 0.399 e. The summed E-state index contributed by atoms with van der Waals surface area (Å²) in [5, 5.41) is 0. The Labute approximate surface area is 103 Å². The van der Waals surface area contributed by atoms with Gasteiger partial charge in [-0.3, -0.25) is 0 Å². The van der Waals surface area contributed by atoms with E-state index in [1.165, 1.54) is 16.4 Å². The molecule has 0 fully saturated rings. The topological polar surface area (TPSA) is 63.4 Å². The minimum absolute atomic E-state index is 0.0738. The van der Waals surface area contributed by atoms with Crippen molar-refractivity contribution in [1.29, 1.82) is 0 Å². The van der Waals surface area contributed by atoms with Crippen molar-refractivity contribution in [2.24, 2.45) is 5.41 Å². The van der Waals surface area contributed by atoms with E-state index in [1.807, 2.05) is 20.8 Å². The van der Waals surface area contributed by atoms with Gasteiger partial charge in [-0.2, -0.15) is 0 Å². The first-order valence-corrected chi connectivity index (χ1v) is 6.89. The maximum atomic E-state index is 12.2. The van der Waals surface area contributed by atoms with Crippen LogP contribution in [0.2, 0.25) is 0 Å². The van der Waals surface area contributed by atoms with Gasteiger partial charge in [0.1, 0.15) is 0 Å². The quantitative estimate of drug-likeness (QED) is 0.841. The predicted molar refractivity (Wildman–Crippen MR) is 70.1 cm³/mol. The lowest BCUT2D eigenvalue weighted by Crippen LogP contribution is -2.34. The Balaban J connectivity index is 2.99. The van der Waals surface area contributed by atoms with Crippen molar-refractivity contribution in [2.75, 3.05) is 19.3 Å². The summed E-state index contributed by atoms with van der Waals surface area (Å²) in [5.74, 6) is 0. The van der Waals surface area contributed by atoms with Crippen LogP contribution in [0.25, 0.3) is 0 Å². The number of rotatable bonds is 3. The molecular weight excluding hydrogens is 236 g/mol. The fourth-order valence-electron chi connectivity index (χ4n) is 1.57. The van der Waals surface area contributed by atoms with Gasteiger partial charge in [-0.05, 0) is 29.7 Å². The molecule has 0 unspecified atom stereocenters.